The first-order valence-electron chi connectivity index (χ1n) is 6.69. The summed E-state index contributed by atoms with van der Waals surface area (Å²) >= 11 is 0. The molecule has 1 saturated heterocycles. The Hall–Kier alpha value is -2.25. The van der Waals surface area contributed by atoms with Crippen molar-refractivity contribution in [3.05, 3.63) is 36.2 Å². The van der Waals surface area contributed by atoms with Crippen LogP contribution in [0.2, 0.25) is 0 Å². The Labute approximate surface area is 121 Å². The minimum atomic E-state index is -0.350. The summed E-state index contributed by atoms with van der Waals surface area (Å²) in [6, 6.07) is 7.24. The molecule has 1 amide bonds. The van der Waals surface area contributed by atoms with E-state index in [9.17, 15) is 4.79 Å². The average Bonchev–Trinajstić information content (AvgIpc) is 3.18. The first-order valence-corrected chi connectivity index (χ1v) is 6.69. The lowest BCUT2D eigenvalue weighted by Gasteiger charge is -2.19. The van der Waals surface area contributed by atoms with E-state index in [1.54, 1.807) is 24.2 Å². The second kappa shape index (κ2) is 6.02. The molecular formula is C14H16N4O3. The van der Waals surface area contributed by atoms with E-state index in [1.807, 2.05) is 18.2 Å². The summed E-state index contributed by atoms with van der Waals surface area (Å²) in [5.41, 5.74) is 1.77. The minimum Gasteiger partial charge on any atom is -0.348 e. The van der Waals surface area contributed by atoms with Crippen LogP contribution in [0.3, 0.4) is 0 Å². The van der Waals surface area contributed by atoms with E-state index in [1.165, 1.54) is 0 Å². The van der Waals surface area contributed by atoms with E-state index in [2.05, 4.69) is 15.2 Å². The number of hydrogen-bond donors (Lipinski definition) is 1. The van der Waals surface area contributed by atoms with Crippen LogP contribution in [0.5, 0.6) is 0 Å². The van der Waals surface area contributed by atoms with Crippen molar-refractivity contribution >= 4 is 5.91 Å². The van der Waals surface area contributed by atoms with Gasteiger partial charge in [-0.05, 0) is 18.2 Å². The Balaban J connectivity index is 1.69. The number of amides is 1. The van der Waals surface area contributed by atoms with Gasteiger partial charge in [0.25, 0.3) is 5.91 Å². The molecule has 2 aromatic heterocycles. The summed E-state index contributed by atoms with van der Waals surface area (Å²) in [4.78, 5) is 18.0. The smallest absolute Gasteiger partial charge is 0.271 e. The Morgan fingerprint density at radius 3 is 2.90 bits per heavy atom. The van der Waals surface area contributed by atoms with Crippen molar-refractivity contribution < 1.29 is 14.3 Å². The van der Waals surface area contributed by atoms with Gasteiger partial charge < -0.3 is 14.4 Å². The van der Waals surface area contributed by atoms with E-state index in [0.29, 0.717) is 31.1 Å². The van der Waals surface area contributed by atoms with E-state index >= 15 is 0 Å². The second-order valence-electron chi connectivity index (χ2n) is 4.74. The van der Waals surface area contributed by atoms with E-state index in [4.69, 9.17) is 9.47 Å². The second-order valence-corrected chi connectivity index (χ2v) is 4.74. The quantitative estimate of drug-likeness (QED) is 0.904. The van der Waals surface area contributed by atoms with Crippen molar-refractivity contribution in [2.75, 3.05) is 26.8 Å². The van der Waals surface area contributed by atoms with Crippen molar-refractivity contribution in [1.29, 1.82) is 0 Å². The van der Waals surface area contributed by atoms with Crippen LogP contribution in [0.1, 0.15) is 10.5 Å². The highest BCUT2D eigenvalue weighted by atomic mass is 16.7. The molecule has 0 aromatic carbocycles. The Morgan fingerprint density at radius 1 is 1.38 bits per heavy atom. The lowest BCUT2D eigenvalue weighted by atomic mass is 10.2. The number of H-pyrrole nitrogens is 1. The molecule has 0 atom stereocenters. The third-order valence-electron chi connectivity index (χ3n) is 3.20. The number of rotatable bonds is 4. The number of carbonyl (C=O) groups is 1. The van der Waals surface area contributed by atoms with Crippen LogP contribution in [-0.4, -0.2) is 59.1 Å². The first kappa shape index (κ1) is 13.7. The molecule has 0 saturated carbocycles. The van der Waals surface area contributed by atoms with Crippen molar-refractivity contribution in [2.45, 2.75) is 6.29 Å². The van der Waals surface area contributed by atoms with Gasteiger partial charge in [-0.3, -0.25) is 14.9 Å². The average molecular weight is 288 g/mol. The number of pyridine rings is 1. The maximum absolute atomic E-state index is 12.3. The Bertz CT molecular complexity index is 608. The summed E-state index contributed by atoms with van der Waals surface area (Å²) in [6.07, 6.45) is 1.34. The summed E-state index contributed by atoms with van der Waals surface area (Å²) in [6.45, 7) is 1.53. The molecule has 21 heavy (non-hydrogen) atoms. The first-order chi connectivity index (χ1) is 10.2. The molecule has 0 radical (unpaired) electrons. The van der Waals surface area contributed by atoms with Crippen LogP contribution < -0.4 is 0 Å². The van der Waals surface area contributed by atoms with Gasteiger partial charge >= 0.3 is 0 Å². The fourth-order valence-corrected chi connectivity index (χ4v) is 2.10. The van der Waals surface area contributed by atoms with Gasteiger partial charge in [0.2, 0.25) is 0 Å². The maximum atomic E-state index is 12.3. The molecule has 2 aromatic rings. The molecular weight excluding hydrogens is 272 g/mol. The zero-order chi connectivity index (χ0) is 14.7. The van der Waals surface area contributed by atoms with Crippen molar-refractivity contribution in [1.82, 2.24) is 20.1 Å². The van der Waals surface area contributed by atoms with Gasteiger partial charge in [-0.15, -0.1) is 0 Å². The van der Waals surface area contributed by atoms with Gasteiger partial charge in [0.1, 0.15) is 11.4 Å². The molecule has 0 unspecified atom stereocenters. The van der Waals surface area contributed by atoms with Gasteiger partial charge in [0, 0.05) is 13.2 Å². The molecule has 1 aliphatic heterocycles. The maximum Gasteiger partial charge on any atom is 0.271 e. The highest BCUT2D eigenvalue weighted by molar-refractivity contribution is 5.93. The summed E-state index contributed by atoms with van der Waals surface area (Å²) in [5.74, 6) is -0.163. The van der Waals surface area contributed by atoms with Crippen LogP contribution in [0.4, 0.5) is 0 Å². The zero-order valence-electron chi connectivity index (χ0n) is 11.7. The predicted octanol–water partition coefficient (Wildman–Crippen LogP) is 0.917. The molecule has 0 bridgehead atoms. The van der Waals surface area contributed by atoms with Crippen LogP contribution in [0, 0.1) is 0 Å². The molecule has 0 spiro atoms. The molecule has 1 N–H and O–H groups in total. The number of likely N-dealkylation sites (N-methyl/N-ethyl adjacent to an activating group) is 1. The van der Waals surface area contributed by atoms with Gasteiger partial charge in [0.15, 0.2) is 6.29 Å². The third kappa shape index (κ3) is 3.09. The van der Waals surface area contributed by atoms with Crippen LogP contribution in [-0.2, 0) is 9.47 Å². The predicted molar refractivity (Wildman–Crippen MR) is 74.5 cm³/mol. The SMILES string of the molecule is CN(CC1OCCO1)C(=O)c1cc(-c2ccccn2)n[nH]1. The standard InChI is InChI=1S/C14H16N4O3/c1-18(9-13-20-6-7-21-13)14(19)12-8-11(16-17-12)10-4-2-3-5-15-10/h2-5,8,13H,6-7,9H2,1H3,(H,16,17). The molecule has 0 aliphatic carbocycles. The summed E-state index contributed by atoms with van der Waals surface area (Å²) < 4.78 is 10.7. The molecule has 3 rings (SSSR count). The number of hydrogen-bond acceptors (Lipinski definition) is 5. The van der Waals surface area contributed by atoms with Crippen molar-refractivity contribution in [3.63, 3.8) is 0 Å². The van der Waals surface area contributed by atoms with Gasteiger partial charge in [0.05, 0.1) is 25.5 Å². The number of nitrogens with zero attached hydrogens (tertiary/aromatic N) is 3. The molecule has 3 heterocycles. The number of aromatic amines is 1. The Kier molecular flexibility index (Phi) is 3.94. The normalized spacial score (nSPS) is 15.3. The topological polar surface area (TPSA) is 80.3 Å². The van der Waals surface area contributed by atoms with Gasteiger partial charge in [-0.25, -0.2) is 0 Å². The van der Waals surface area contributed by atoms with Crippen molar-refractivity contribution in [3.8, 4) is 11.4 Å². The van der Waals surface area contributed by atoms with Crippen LogP contribution in [0.25, 0.3) is 11.4 Å². The molecule has 1 aliphatic rings. The van der Waals surface area contributed by atoms with Gasteiger partial charge in [-0.1, -0.05) is 6.07 Å². The van der Waals surface area contributed by atoms with Crippen molar-refractivity contribution in [2.24, 2.45) is 0 Å². The minimum absolute atomic E-state index is 0.163. The fourth-order valence-electron chi connectivity index (χ4n) is 2.10. The highest BCUT2D eigenvalue weighted by Crippen LogP contribution is 2.15. The highest BCUT2D eigenvalue weighted by Gasteiger charge is 2.22. The Morgan fingerprint density at radius 2 is 2.19 bits per heavy atom. The van der Waals surface area contributed by atoms with Crippen LogP contribution in [0.15, 0.2) is 30.5 Å². The van der Waals surface area contributed by atoms with E-state index < -0.39 is 0 Å². The fraction of sp³-hybridized carbons (Fsp3) is 0.357. The molecule has 110 valence electrons. The zero-order valence-corrected chi connectivity index (χ0v) is 11.7. The van der Waals surface area contributed by atoms with Crippen LogP contribution >= 0.6 is 0 Å². The molecule has 1 fully saturated rings. The van der Waals surface area contributed by atoms with E-state index in [-0.39, 0.29) is 12.2 Å². The number of aromatic nitrogens is 3. The monoisotopic (exact) mass is 288 g/mol. The number of carbonyl (C=O) groups excluding carboxylic acids is 1. The lowest BCUT2D eigenvalue weighted by Crippen LogP contribution is -2.35. The van der Waals surface area contributed by atoms with Gasteiger partial charge in [-0.2, -0.15) is 5.10 Å². The number of nitrogens with one attached hydrogen (secondary N) is 1. The summed E-state index contributed by atoms with van der Waals surface area (Å²) in [7, 11) is 1.70. The largest absolute Gasteiger partial charge is 0.348 e. The summed E-state index contributed by atoms with van der Waals surface area (Å²) in [5, 5.41) is 6.87. The number of ether oxygens (including phenoxy) is 2. The molecule has 7 heteroatoms. The van der Waals surface area contributed by atoms with E-state index in [0.717, 1.165) is 5.69 Å². The molecule has 7 nitrogen and oxygen atoms in total. The lowest BCUT2D eigenvalue weighted by molar-refractivity contribution is -0.0543. The third-order valence-corrected chi connectivity index (χ3v) is 3.20.